The van der Waals surface area contributed by atoms with E-state index >= 15 is 0 Å². The van der Waals surface area contributed by atoms with Crippen LogP contribution in [-0.4, -0.2) is 27.0 Å². The van der Waals surface area contributed by atoms with Crippen LogP contribution in [0.2, 0.25) is 0 Å². The summed E-state index contributed by atoms with van der Waals surface area (Å²) < 4.78 is 37.2. The van der Waals surface area contributed by atoms with Gasteiger partial charge in [0.1, 0.15) is 10.7 Å². The fourth-order valence-electron chi connectivity index (χ4n) is 1.02. The monoisotopic (exact) mass is 234 g/mol. The zero-order valence-corrected chi connectivity index (χ0v) is 9.08. The lowest BCUT2D eigenvalue weighted by Gasteiger charge is -2.15. The molecule has 0 heterocycles. The maximum Gasteiger partial charge on any atom is 0.269 e. The molecule has 0 aromatic heterocycles. The van der Waals surface area contributed by atoms with Crippen LogP contribution in [0, 0.1) is 5.82 Å². The second-order valence-corrected chi connectivity index (χ2v) is 4.63. The molecule has 0 unspecified atom stereocenters. The molecule has 7 heteroatoms. The summed E-state index contributed by atoms with van der Waals surface area (Å²) in [5.74, 6) is -0.904. The smallest absolute Gasteiger partial charge is 0.269 e. The topological polar surface area (TPSA) is 72.6 Å². The molecule has 0 radical (unpaired) electrons. The molecule has 15 heavy (non-hydrogen) atoms. The van der Waals surface area contributed by atoms with Gasteiger partial charge >= 0.3 is 0 Å². The normalized spacial score (nSPS) is 12.0. The number of nitrogens with two attached hydrogens (primary N) is 1. The van der Waals surface area contributed by atoms with Crippen molar-refractivity contribution in [3.63, 3.8) is 0 Å². The third kappa shape index (κ3) is 2.09. The number of hydrogen-bond donors (Lipinski definition) is 1. The first kappa shape index (κ1) is 11.9. The third-order valence-corrected chi connectivity index (χ3v) is 3.62. The molecule has 0 spiro atoms. The van der Waals surface area contributed by atoms with E-state index in [0.717, 1.165) is 20.2 Å². The van der Waals surface area contributed by atoms with Crippen LogP contribution in [0.5, 0.6) is 0 Å². The minimum atomic E-state index is -4.04. The molecule has 0 aliphatic carbocycles. The van der Waals surface area contributed by atoms with Gasteiger partial charge in [-0.1, -0.05) is 10.5 Å². The van der Waals surface area contributed by atoms with Gasteiger partial charge < -0.3 is 5.73 Å². The van der Waals surface area contributed by atoms with Gasteiger partial charge in [0.25, 0.3) is 10.0 Å². The second kappa shape index (κ2) is 4.13. The summed E-state index contributed by atoms with van der Waals surface area (Å²) >= 11 is 0. The van der Waals surface area contributed by atoms with Crippen molar-refractivity contribution < 1.29 is 17.6 Å². The zero-order valence-electron chi connectivity index (χ0n) is 8.27. The van der Waals surface area contributed by atoms with E-state index in [0.29, 0.717) is 4.47 Å². The summed E-state index contributed by atoms with van der Waals surface area (Å²) in [7, 11) is -1.72. The average Bonchev–Trinajstić information content (AvgIpc) is 2.15. The van der Waals surface area contributed by atoms with E-state index < -0.39 is 20.7 Å². The molecule has 0 atom stereocenters. The van der Waals surface area contributed by atoms with Crippen molar-refractivity contribution in [1.29, 1.82) is 0 Å². The average molecular weight is 234 g/mol. The summed E-state index contributed by atoms with van der Waals surface area (Å²) in [6.45, 7) is 0. The highest BCUT2D eigenvalue weighted by Crippen LogP contribution is 2.24. The third-order valence-electron chi connectivity index (χ3n) is 1.85. The Bertz CT molecular complexity index is 441. The van der Waals surface area contributed by atoms with Crippen LogP contribution in [0.4, 0.5) is 10.1 Å². The van der Waals surface area contributed by atoms with E-state index in [9.17, 15) is 12.8 Å². The first-order chi connectivity index (χ1) is 6.91. The SMILES string of the molecule is CON(C)S(=O)(=O)c1c(N)cccc1F. The molecule has 1 aromatic carbocycles. The number of benzene rings is 1. The number of hydroxylamine groups is 1. The van der Waals surface area contributed by atoms with Crippen molar-refractivity contribution in [1.82, 2.24) is 4.47 Å². The first-order valence-corrected chi connectivity index (χ1v) is 5.42. The molecule has 0 saturated carbocycles. The van der Waals surface area contributed by atoms with Gasteiger partial charge in [-0.25, -0.2) is 12.8 Å². The Labute approximate surface area is 87.3 Å². The molecule has 1 rings (SSSR count). The van der Waals surface area contributed by atoms with Crippen LogP contribution in [0.15, 0.2) is 23.1 Å². The lowest BCUT2D eigenvalue weighted by atomic mass is 10.3. The zero-order chi connectivity index (χ0) is 11.6. The molecule has 84 valence electrons. The predicted octanol–water partition coefficient (Wildman–Crippen LogP) is 0.590. The van der Waals surface area contributed by atoms with Crippen LogP contribution >= 0.6 is 0 Å². The standard InChI is InChI=1S/C8H11FN2O3S/c1-11(14-2)15(12,13)8-6(9)4-3-5-7(8)10/h3-5H,10H2,1-2H3. The minimum Gasteiger partial charge on any atom is -0.398 e. The van der Waals surface area contributed by atoms with E-state index in [1.807, 2.05) is 0 Å². The first-order valence-electron chi connectivity index (χ1n) is 3.98. The fourth-order valence-corrected chi connectivity index (χ4v) is 2.16. The molecule has 0 fully saturated rings. The number of nitrogens with zero attached hydrogens (tertiary/aromatic N) is 1. The Morgan fingerprint density at radius 1 is 1.47 bits per heavy atom. The molecule has 0 bridgehead atoms. The highest BCUT2D eigenvalue weighted by atomic mass is 32.2. The molecule has 0 aliphatic heterocycles. The van der Waals surface area contributed by atoms with Crippen molar-refractivity contribution in [2.75, 3.05) is 19.9 Å². The minimum absolute atomic E-state index is 0.154. The van der Waals surface area contributed by atoms with Gasteiger partial charge in [-0.05, 0) is 12.1 Å². The summed E-state index contributed by atoms with van der Waals surface area (Å²) in [6.07, 6.45) is 0. The number of nitrogen functional groups attached to an aromatic ring is 1. The maximum absolute atomic E-state index is 13.3. The fraction of sp³-hybridized carbons (Fsp3) is 0.250. The summed E-state index contributed by atoms with van der Waals surface area (Å²) in [4.78, 5) is 3.93. The van der Waals surface area contributed by atoms with Gasteiger partial charge in [0.2, 0.25) is 0 Å². The number of anilines is 1. The summed E-state index contributed by atoms with van der Waals surface area (Å²) in [6, 6.07) is 3.66. The molecular formula is C8H11FN2O3S. The second-order valence-electron chi connectivity index (χ2n) is 2.76. The van der Waals surface area contributed by atoms with Gasteiger partial charge in [-0.3, -0.25) is 4.84 Å². The summed E-state index contributed by atoms with van der Waals surface area (Å²) in [5, 5.41) is 0. The van der Waals surface area contributed by atoms with Gasteiger partial charge in [-0.15, -0.1) is 0 Å². The number of rotatable bonds is 3. The number of halogens is 1. The van der Waals surface area contributed by atoms with Crippen LogP contribution in [0.3, 0.4) is 0 Å². The Hall–Kier alpha value is -1.18. The van der Waals surface area contributed by atoms with Gasteiger partial charge in [-0.2, -0.15) is 0 Å². The van der Waals surface area contributed by atoms with Crippen LogP contribution in [-0.2, 0) is 14.9 Å². The molecule has 0 amide bonds. The predicted molar refractivity (Wildman–Crippen MR) is 52.8 cm³/mol. The number of sulfonamides is 1. The van der Waals surface area contributed by atoms with Crippen molar-refractivity contribution in [3.8, 4) is 0 Å². The molecule has 0 aliphatic rings. The van der Waals surface area contributed by atoms with Crippen molar-refractivity contribution in [2.45, 2.75) is 4.90 Å². The van der Waals surface area contributed by atoms with E-state index in [-0.39, 0.29) is 5.69 Å². The van der Waals surface area contributed by atoms with Crippen molar-refractivity contribution in [3.05, 3.63) is 24.0 Å². The Kier molecular flexibility index (Phi) is 3.28. The molecule has 5 nitrogen and oxygen atoms in total. The van der Waals surface area contributed by atoms with E-state index in [4.69, 9.17) is 5.73 Å². The number of hydrogen-bond acceptors (Lipinski definition) is 4. The molecule has 0 saturated heterocycles. The highest BCUT2D eigenvalue weighted by molar-refractivity contribution is 7.89. The van der Waals surface area contributed by atoms with Crippen LogP contribution in [0.1, 0.15) is 0 Å². The van der Waals surface area contributed by atoms with E-state index in [1.54, 1.807) is 0 Å². The van der Waals surface area contributed by atoms with Crippen molar-refractivity contribution in [2.24, 2.45) is 0 Å². The van der Waals surface area contributed by atoms with Crippen molar-refractivity contribution >= 4 is 15.7 Å². The Morgan fingerprint density at radius 3 is 2.53 bits per heavy atom. The van der Waals surface area contributed by atoms with E-state index in [2.05, 4.69) is 4.84 Å². The molecule has 2 N–H and O–H groups in total. The van der Waals surface area contributed by atoms with Crippen LogP contribution < -0.4 is 5.73 Å². The highest BCUT2D eigenvalue weighted by Gasteiger charge is 2.26. The Morgan fingerprint density at radius 2 is 2.07 bits per heavy atom. The maximum atomic E-state index is 13.3. The molecular weight excluding hydrogens is 223 g/mol. The van der Waals surface area contributed by atoms with Gasteiger partial charge in [0.15, 0.2) is 0 Å². The van der Waals surface area contributed by atoms with E-state index in [1.165, 1.54) is 12.1 Å². The largest absolute Gasteiger partial charge is 0.398 e. The van der Waals surface area contributed by atoms with Gasteiger partial charge in [0.05, 0.1) is 12.8 Å². The van der Waals surface area contributed by atoms with Crippen LogP contribution in [0.25, 0.3) is 0 Å². The quantitative estimate of drug-likeness (QED) is 0.613. The molecule has 1 aromatic rings. The summed E-state index contributed by atoms with van der Waals surface area (Å²) in [5.41, 5.74) is 5.24. The Balaban J connectivity index is 3.40. The van der Waals surface area contributed by atoms with Gasteiger partial charge in [0, 0.05) is 7.05 Å². The lowest BCUT2D eigenvalue weighted by Crippen LogP contribution is -2.27. The lowest BCUT2D eigenvalue weighted by molar-refractivity contribution is -0.0260.